The monoisotopic (exact) mass is 416 g/mol. The van der Waals surface area contributed by atoms with E-state index in [-0.39, 0.29) is 23.4 Å². The number of nitrogens with one attached hydrogen (secondary N) is 1. The van der Waals surface area contributed by atoms with Crippen molar-refractivity contribution >= 4 is 17.5 Å². The average molecular weight is 416 g/mol. The van der Waals surface area contributed by atoms with E-state index >= 15 is 0 Å². The second-order valence-corrected chi connectivity index (χ2v) is 7.25. The van der Waals surface area contributed by atoms with Gasteiger partial charge in [-0.05, 0) is 56.3 Å². The van der Waals surface area contributed by atoms with Crippen molar-refractivity contribution < 1.29 is 4.39 Å². The molecule has 2 aromatic carbocycles. The van der Waals surface area contributed by atoms with Gasteiger partial charge in [0.05, 0.1) is 23.0 Å². The zero-order valence-electron chi connectivity index (χ0n) is 17.1. The number of nitrogens with two attached hydrogens (primary N) is 1. The number of aromatic nitrogens is 4. The summed E-state index contributed by atoms with van der Waals surface area (Å²) in [5.74, 6) is 0.125. The standard InChI is InChI=1S/C23H21FN6O/c1-14(2)30-19(31)13-12-18(29-30)20-21(15-8-10-16(24)11-9-15)27-23(25)28-22(20)26-17-6-4-3-5-7-17/h3-14H,1-2H3,(H3,25,26,27,28). The summed E-state index contributed by atoms with van der Waals surface area (Å²) in [6, 6.07) is 18.4. The Bertz CT molecular complexity index is 1270. The second kappa shape index (κ2) is 8.35. The Morgan fingerprint density at radius 1 is 0.968 bits per heavy atom. The molecule has 0 saturated carbocycles. The van der Waals surface area contributed by atoms with E-state index in [0.717, 1.165) is 5.69 Å². The van der Waals surface area contributed by atoms with E-state index < -0.39 is 0 Å². The van der Waals surface area contributed by atoms with E-state index in [0.29, 0.717) is 28.3 Å². The topological polar surface area (TPSA) is 98.7 Å². The van der Waals surface area contributed by atoms with Crippen LogP contribution in [0.4, 0.5) is 21.8 Å². The molecule has 0 atom stereocenters. The highest BCUT2D eigenvalue weighted by Crippen LogP contribution is 2.36. The van der Waals surface area contributed by atoms with Gasteiger partial charge in [0.1, 0.15) is 11.6 Å². The molecule has 31 heavy (non-hydrogen) atoms. The predicted molar refractivity (Wildman–Crippen MR) is 119 cm³/mol. The fourth-order valence-corrected chi connectivity index (χ4v) is 3.21. The van der Waals surface area contributed by atoms with Gasteiger partial charge in [-0.1, -0.05) is 18.2 Å². The SMILES string of the molecule is CC(C)n1nc(-c2c(Nc3ccccc3)nc(N)nc2-c2ccc(F)cc2)ccc1=O. The highest BCUT2D eigenvalue weighted by atomic mass is 19.1. The molecule has 0 aliphatic rings. The van der Waals surface area contributed by atoms with Gasteiger partial charge in [-0.2, -0.15) is 10.1 Å². The van der Waals surface area contributed by atoms with E-state index in [9.17, 15) is 9.18 Å². The molecule has 4 aromatic rings. The molecule has 0 saturated heterocycles. The number of halogens is 1. The summed E-state index contributed by atoms with van der Waals surface area (Å²) in [6.45, 7) is 3.75. The molecule has 0 radical (unpaired) electrons. The van der Waals surface area contributed by atoms with Gasteiger partial charge in [-0.25, -0.2) is 14.1 Å². The average Bonchev–Trinajstić information content (AvgIpc) is 2.75. The second-order valence-electron chi connectivity index (χ2n) is 7.25. The Kier molecular flexibility index (Phi) is 5.44. The van der Waals surface area contributed by atoms with Crippen molar-refractivity contribution in [3.8, 4) is 22.5 Å². The Hall–Kier alpha value is -4.07. The molecular formula is C23H21FN6O. The third-order valence-electron chi connectivity index (χ3n) is 4.65. The predicted octanol–water partition coefficient (Wildman–Crippen LogP) is 4.41. The molecule has 3 N–H and O–H groups in total. The molecule has 2 aromatic heterocycles. The van der Waals surface area contributed by atoms with Crippen LogP contribution in [0.3, 0.4) is 0 Å². The molecule has 0 amide bonds. The van der Waals surface area contributed by atoms with Gasteiger partial charge in [-0.15, -0.1) is 0 Å². The summed E-state index contributed by atoms with van der Waals surface area (Å²) in [6.07, 6.45) is 0. The molecule has 0 aliphatic carbocycles. The Morgan fingerprint density at radius 2 is 1.68 bits per heavy atom. The molecule has 0 aliphatic heterocycles. The normalized spacial score (nSPS) is 11.0. The lowest BCUT2D eigenvalue weighted by Gasteiger charge is -2.17. The van der Waals surface area contributed by atoms with Crippen LogP contribution in [0.1, 0.15) is 19.9 Å². The van der Waals surface area contributed by atoms with E-state index in [1.165, 1.54) is 22.9 Å². The first kappa shape index (κ1) is 20.2. The van der Waals surface area contributed by atoms with Crippen LogP contribution in [-0.4, -0.2) is 19.7 Å². The summed E-state index contributed by atoms with van der Waals surface area (Å²) in [5.41, 5.74) is 8.77. The third kappa shape index (κ3) is 4.28. The quantitative estimate of drug-likeness (QED) is 0.500. The van der Waals surface area contributed by atoms with Crippen molar-refractivity contribution in [1.82, 2.24) is 19.7 Å². The summed E-state index contributed by atoms with van der Waals surface area (Å²) >= 11 is 0. The smallest absolute Gasteiger partial charge is 0.267 e. The number of para-hydroxylation sites is 1. The number of benzene rings is 2. The first-order valence-electron chi connectivity index (χ1n) is 9.78. The summed E-state index contributed by atoms with van der Waals surface area (Å²) < 4.78 is 14.9. The maximum absolute atomic E-state index is 13.5. The van der Waals surface area contributed by atoms with Crippen molar-refractivity contribution in [3.05, 3.63) is 82.9 Å². The van der Waals surface area contributed by atoms with Crippen LogP contribution in [0.15, 0.2) is 71.5 Å². The van der Waals surface area contributed by atoms with E-state index in [1.807, 2.05) is 44.2 Å². The molecule has 156 valence electrons. The number of hydrogen-bond acceptors (Lipinski definition) is 6. The van der Waals surface area contributed by atoms with Crippen molar-refractivity contribution in [1.29, 1.82) is 0 Å². The zero-order valence-corrected chi connectivity index (χ0v) is 17.1. The van der Waals surface area contributed by atoms with Gasteiger partial charge in [0.25, 0.3) is 5.56 Å². The van der Waals surface area contributed by atoms with Gasteiger partial charge in [0.2, 0.25) is 5.95 Å². The minimum atomic E-state index is -0.360. The van der Waals surface area contributed by atoms with Gasteiger partial charge in [-0.3, -0.25) is 4.79 Å². The van der Waals surface area contributed by atoms with Crippen LogP contribution < -0.4 is 16.6 Å². The Balaban J connectivity index is 1.98. The number of nitrogen functional groups attached to an aromatic ring is 1. The van der Waals surface area contributed by atoms with Crippen molar-refractivity contribution in [2.75, 3.05) is 11.1 Å². The van der Waals surface area contributed by atoms with Crippen LogP contribution in [0, 0.1) is 5.82 Å². The number of anilines is 3. The lowest BCUT2D eigenvalue weighted by molar-refractivity contribution is 0.505. The van der Waals surface area contributed by atoms with Crippen molar-refractivity contribution in [2.45, 2.75) is 19.9 Å². The molecule has 0 bridgehead atoms. The molecule has 8 heteroatoms. The molecule has 4 rings (SSSR count). The van der Waals surface area contributed by atoms with Crippen molar-refractivity contribution in [3.63, 3.8) is 0 Å². The van der Waals surface area contributed by atoms with E-state index in [2.05, 4.69) is 20.4 Å². The van der Waals surface area contributed by atoms with Crippen LogP contribution >= 0.6 is 0 Å². The molecule has 7 nitrogen and oxygen atoms in total. The minimum absolute atomic E-state index is 0.0543. The van der Waals surface area contributed by atoms with E-state index in [4.69, 9.17) is 5.73 Å². The largest absolute Gasteiger partial charge is 0.368 e. The molecule has 0 unspecified atom stereocenters. The number of rotatable bonds is 5. The lowest BCUT2D eigenvalue weighted by atomic mass is 10.0. The molecule has 2 heterocycles. The van der Waals surface area contributed by atoms with E-state index in [1.54, 1.807) is 18.2 Å². The van der Waals surface area contributed by atoms with Crippen LogP contribution in [0.2, 0.25) is 0 Å². The lowest BCUT2D eigenvalue weighted by Crippen LogP contribution is -2.24. The number of nitrogens with zero attached hydrogens (tertiary/aromatic N) is 4. The van der Waals surface area contributed by atoms with Crippen molar-refractivity contribution in [2.24, 2.45) is 0 Å². The number of hydrogen-bond donors (Lipinski definition) is 2. The van der Waals surface area contributed by atoms with Gasteiger partial charge < -0.3 is 11.1 Å². The molecule has 0 spiro atoms. The Morgan fingerprint density at radius 3 is 2.35 bits per heavy atom. The van der Waals surface area contributed by atoms with Gasteiger partial charge >= 0.3 is 0 Å². The highest BCUT2D eigenvalue weighted by molar-refractivity contribution is 5.88. The summed E-state index contributed by atoms with van der Waals surface area (Å²) in [5, 5.41) is 7.81. The van der Waals surface area contributed by atoms with Gasteiger partial charge in [0.15, 0.2) is 0 Å². The third-order valence-corrected chi connectivity index (χ3v) is 4.65. The maximum Gasteiger partial charge on any atom is 0.267 e. The minimum Gasteiger partial charge on any atom is -0.368 e. The highest BCUT2D eigenvalue weighted by Gasteiger charge is 2.20. The van der Waals surface area contributed by atoms with Crippen LogP contribution in [0.5, 0.6) is 0 Å². The fourth-order valence-electron chi connectivity index (χ4n) is 3.21. The molecular weight excluding hydrogens is 395 g/mol. The first-order chi connectivity index (χ1) is 14.9. The zero-order chi connectivity index (χ0) is 22.0. The summed E-state index contributed by atoms with van der Waals surface area (Å²) in [7, 11) is 0. The summed E-state index contributed by atoms with van der Waals surface area (Å²) in [4.78, 5) is 21.1. The van der Waals surface area contributed by atoms with Gasteiger partial charge in [0, 0.05) is 17.3 Å². The maximum atomic E-state index is 13.5. The fraction of sp³-hybridized carbons (Fsp3) is 0.130. The van der Waals surface area contributed by atoms with Crippen LogP contribution in [-0.2, 0) is 0 Å². The Labute approximate surface area is 178 Å². The first-order valence-corrected chi connectivity index (χ1v) is 9.78. The molecule has 0 fully saturated rings. The van der Waals surface area contributed by atoms with Crippen LogP contribution in [0.25, 0.3) is 22.5 Å².